The molecule has 0 atom stereocenters. The molecule has 1 amide bonds. The monoisotopic (exact) mass is 445 g/mol. The van der Waals surface area contributed by atoms with E-state index in [1.54, 1.807) is 18.2 Å². The number of benzene rings is 1. The summed E-state index contributed by atoms with van der Waals surface area (Å²) in [5.41, 5.74) is 0.837. The van der Waals surface area contributed by atoms with Crippen LogP contribution in [0.3, 0.4) is 0 Å². The van der Waals surface area contributed by atoms with Gasteiger partial charge in [-0.3, -0.25) is 14.4 Å². The molecular weight excluding hydrogens is 402 g/mol. The van der Waals surface area contributed by atoms with E-state index < -0.39 is 18.2 Å². The average Bonchev–Trinajstić information content (AvgIpc) is 2.76. The Morgan fingerprint density at radius 3 is 1.75 bits per heavy atom. The van der Waals surface area contributed by atoms with Gasteiger partial charge in [0.2, 0.25) is 5.91 Å². The number of hydrogen-bond donors (Lipinski definition) is 2. The average molecular weight is 446 g/mol. The van der Waals surface area contributed by atoms with Crippen molar-refractivity contribution in [3.8, 4) is 0 Å². The van der Waals surface area contributed by atoms with Crippen LogP contribution >= 0.6 is 0 Å². The van der Waals surface area contributed by atoms with Crippen LogP contribution in [0.2, 0.25) is 0 Å². The SMILES string of the molecule is CCCCCCCCCCCCCCCCCC(=O)Nc1cccc(C(=O)CC(=O)O)c1. The Bertz CT molecular complexity index is 671. The van der Waals surface area contributed by atoms with Crippen molar-refractivity contribution in [2.45, 2.75) is 116 Å². The summed E-state index contributed by atoms with van der Waals surface area (Å²) in [6, 6.07) is 6.46. The van der Waals surface area contributed by atoms with Crippen molar-refractivity contribution in [3.63, 3.8) is 0 Å². The molecular formula is C27H43NO4. The number of rotatable bonds is 20. The number of unbranched alkanes of at least 4 members (excludes halogenated alkanes) is 14. The molecule has 0 aromatic heterocycles. The zero-order valence-electron chi connectivity index (χ0n) is 20.0. The first-order valence-corrected chi connectivity index (χ1v) is 12.7. The molecule has 0 saturated heterocycles. The van der Waals surface area contributed by atoms with Gasteiger partial charge < -0.3 is 10.4 Å². The van der Waals surface area contributed by atoms with E-state index >= 15 is 0 Å². The van der Waals surface area contributed by atoms with Gasteiger partial charge in [-0.05, 0) is 18.6 Å². The highest BCUT2D eigenvalue weighted by Gasteiger charge is 2.11. The smallest absolute Gasteiger partial charge is 0.311 e. The lowest BCUT2D eigenvalue weighted by molar-refractivity contribution is -0.135. The minimum absolute atomic E-state index is 0.0671. The van der Waals surface area contributed by atoms with E-state index in [1.165, 1.54) is 89.5 Å². The van der Waals surface area contributed by atoms with E-state index in [9.17, 15) is 14.4 Å². The Kier molecular flexibility index (Phi) is 16.0. The molecule has 1 aromatic rings. The third kappa shape index (κ3) is 14.8. The molecule has 0 saturated carbocycles. The zero-order valence-corrected chi connectivity index (χ0v) is 20.0. The Morgan fingerprint density at radius 2 is 1.25 bits per heavy atom. The maximum absolute atomic E-state index is 12.1. The van der Waals surface area contributed by atoms with Crippen molar-refractivity contribution in [1.29, 1.82) is 0 Å². The zero-order chi connectivity index (χ0) is 23.4. The molecule has 5 nitrogen and oxygen atoms in total. The first-order chi connectivity index (χ1) is 15.5. The predicted octanol–water partition coefficient (Wildman–Crippen LogP) is 7.54. The number of hydrogen-bond acceptors (Lipinski definition) is 3. The van der Waals surface area contributed by atoms with E-state index in [1.807, 2.05) is 0 Å². The lowest BCUT2D eigenvalue weighted by Crippen LogP contribution is -2.12. The van der Waals surface area contributed by atoms with Crippen LogP contribution in [-0.4, -0.2) is 22.8 Å². The fourth-order valence-electron chi connectivity index (χ4n) is 3.89. The van der Waals surface area contributed by atoms with Crippen molar-refractivity contribution >= 4 is 23.3 Å². The molecule has 1 aromatic carbocycles. The topological polar surface area (TPSA) is 83.5 Å². The fourth-order valence-corrected chi connectivity index (χ4v) is 3.89. The van der Waals surface area contributed by atoms with Crippen LogP contribution < -0.4 is 5.32 Å². The van der Waals surface area contributed by atoms with E-state index in [4.69, 9.17) is 5.11 Å². The van der Waals surface area contributed by atoms with Gasteiger partial charge in [0.05, 0.1) is 0 Å². The molecule has 180 valence electrons. The third-order valence-corrected chi connectivity index (χ3v) is 5.79. The Hall–Kier alpha value is -2.17. The number of aliphatic carboxylic acids is 1. The summed E-state index contributed by atoms with van der Waals surface area (Å²) in [7, 11) is 0. The summed E-state index contributed by atoms with van der Waals surface area (Å²) in [6.45, 7) is 2.26. The van der Waals surface area contributed by atoms with Gasteiger partial charge in [-0.15, -0.1) is 0 Å². The highest BCUT2D eigenvalue weighted by molar-refractivity contribution is 6.06. The molecule has 0 aliphatic carbocycles. The summed E-state index contributed by atoms with van der Waals surface area (Å²) in [5.74, 6) is -1.68. The predicted molar refractivity (Wildman–Crippen MR) is 131 cm³/mol. The highest BCUT2D eigenvalue weighted by Crippen LogP contribution is 2.15. The lowest BCUT2D eigenvalue weighted by Gasteiger charge is -2.07. The molecule has 1 rings (SSSR count). The van der Waals surface area contributed by atoms with Crippen LogP contribution in [0.1, 0.15) is 126 Å². The van der Waals surface area contributed by atoms with E-state index in [-0.39, 0.29) is 5.91 Å². The Labute approximate surface area is 194 Å². The van der Waals surface area contributed by atoms with Gasteiger partial charge in [-0.1, -0.05) is 109 Å². The minimum Gasteiger partial charge on any atom is -0.481 e. The molecule has 0 aliphatic rings. The Balaban J connectivity index is 2.00. The van der Waals surface area contributed by atoms with Crippen molar-refractivity contribution in [1.82, 2.24) is 0 Å². The molecule has 0 bridgehead atoms. The number of ketones is 1. The van der Waals surface area contributed by atoms with E-state index in [0.29, 0.717) is 17.7 Å². The van der Waals surface area contributed by atoms with Gasteiger partial charge in [0.15, 0.2) is 5.78 Å². The maximum atomic E-state index is 12.1. The van der Waals surface area contributed by atoms with E-state index in [2.05, 4.69) is 12.2 Å². The number of amides is 1. The summed E-state index contributed by atoms with van der Waals surface area (Å²) < 4.78 is 0. The lowest BCUT2D eigenvalue weighted by atomic mass is 10.0. The van der Waals surface area contributed by atoms with Gasteiger partial charge >= 0.3 is 5.97 Å². The molecule has 0 fully saturated rings. The number of carbonyl (C=O) groups is 3. The minimum atomic E-state index is -1.15. The highest BCUT2D eigenvalue weighted by atomic mass is 16.4. The number of carboxylic acid groups (broad SMARTS) is 1. The molecule has 5 heteroatoms. The normalized spacial score (nSPS) is 10.8. The van der Waals surface area contributed by atoms with E-state index in [0.717, 1.165) is 12.8 Å². The number of carbonyl (C=O) groups excluding carboxylic acids is 2. The van der Waals surface area contributed by atoms with Gasteiger partial charge in [0.25, 0.3) is 0 Å². The van der Waals surface area contributed by atoms with Crippen LogP contribution in [0.25, 0.3) is 0 Å². The van der Waals surface area contributed by atoms with Crippen molar-refractivity contribution in [2.24, 2.45) is 0 Å². The second-order valence-corrected chi connectivity index (χ2v) is 8.82. The first kappa shape index (κ1) is 27.9. The summed E-state index contributed by atoms with van der Waals surface area (Å²) >= 11 is 0. The molecule has 0 radical (unpaired) electrons. The van der Waals surface area contributed by atoms with Gasteiger partial charge in [-0.25, -0.2) is 0 Å². The van der Waals surface area contributed by atoms with Crippen LogP contribution in [0.15, 0.2) is 24.3 Å². The summed E-state index contributed by atoms with van der Waals surface area (Å²) in [4.78, 5) is 34.6. The first-order valence-electron chi connectivity index (χ1n) is 12.7. The van der Waals surface area contributed by atoms with Crippen LogP contribution in [0.4, 0.5) is 5.69 Å². The summed E-state index contributed by atoms with van der Waals surface area (Å²) in [6.07, 6.45) is 19.3. The summed E-state index contributed by atoms with van der Waals surface area (Å²) in [5, 5.41) is 11.5. The van der Waals surface area contributed by atoms with Crippen LogP contribution in [-0.2, 0) is 9.59 Å². The van der Waals surface area contributed by atoms with Crippen molar-refractivity contribution in [3.05, 3.63) is 29.8 Å². The molecule has 0 aliphatic heterocycles. The second kappa shape index (κ2) is 18.4. The second-order valence-electron chi connectivity index (χ2n) is 8.82. The third-order valence-electron chi connectivity index (χ3n) is 5.79. The molecule has 0 unspecified atom stereocenters. The Morgan fingerprint density at radius 1 is 0.750 bits per heavy atom. The largest absolute Gasteiger partial charge is 0.481 e. The number of anilines is 1. The molecule has 0 heterocycles. The van der Waals surface area contributed by atoms with Gasteiger partial charge in [-0.2, -0.15) is 0 Å². The number of carboxylic acids is 1. The van der Waals surface area contributed by atoms with Crippen LogP contribution in [0, 0.1) is 0 Å². The van der Waals surface area contributed by atoms with Crippen molar-refractivity contribution in [2.75, 3.05) is 5.32 Å². The standard InChI is InChI=1S/C27H43NO4/c1-2-3-4-5-6-7-8-9-10-11-12-13-14-15-16-20-26(30)28-24-19-17-18-23(21-24)25(29)22-27(31)32/h17-19,21H,2-16,20,22H2,1H3,(H,28,30)(H,31,32). The maximum Gasteiger partial charge on any atom is 0.311 e. The molecule has 0 spiro atoms. The molecule has 2 N–H and O–H groups in total. The fraction of sp³-hybridized carbons (Fsp3) is 0.667. The van der Waals surface area contributed by atoms with Crippen LogP contribution in [0.5, 0.6) is 0 Å². The molecule has 32 heavy (non-hydrogen) atoms. The van der Waals surface area contributed by atoms with Gasteiger partial charge in [0, 0.05) is 17.7 Å². The van der Waals surface area contributed by atoms with Gasteiger partial charge in [0.1, 0.15) is 6.42 Å². The quantitative estimate of drug-likeness (QED) is 0.123. The number of nitrogens with one attached hydrogen (secondary N) is 1. The van der Waals surface area contributed by atoms with Crippen molar-refractivity contribution < 1.29 is 19.5 Å². The number of Topliss-reactive ketones (excluding diaryl/α,β-unsaturated/α-hetero) is 1.